The minimum absolute atomic E-state index is 0.0104. The highest BCUT2D eigenvalue weighted by atomic mass is 16.5. The standard InChI is InChI=1S/C20H17NO2/c1-2-23-15-9-6-13(7-10-15)12-14-8-11-17-19-16(14)4-3-5-18(19)21-20(17)22/h3-11H,2,12H2,1H3,(H,21,22). The van der Waals surface area contributed by atoms with Crippen LogP contribution in [0.3, 0.4) is 0 Å². The van der Waals surface area contributed by atoms with E-state index in [1.165, 1.54) is 11.1 Å². The monoisotopic (exact) mass is 303 g/mol. The predicted octanol–water partition coefficient (Wildman–Crippen LogP) is 4.40. The molecule has 1 heterocycles. The van der Waals surface area contributed by atoms with Gasteiger partial charge in [0.1, 0.15) is 5.75 Å². The SMILES string of the molecule is CCOc1ccc(Cc2ccc3c4c(cccc24)NC3=O)cc1. The third kappa shape index (κ3) is 2.34. The first-order chi connectivity index (χ1) is 11.3. The van der Waals surface area contributed by atoms with E-state index >= 15 is 0 Å². The molecule has 0 bridgehead atoms. The lowest BCUT2D eigenvalue weighted by Crippen LogP contribution is -2.03. The molecule has 0 fully saturated rings. The summed E-state index contributed by atoms with van der Waals surface area (Å²) in [5.41, 5.74) is 4.14. The van der Waals surface area contributed by atoms with Gasteiger partial charge in [-0.2, -0.15) is 0 Å². The van der Waals surface area contributed by atoms with Gasteiger partial charge >= 0.3 is 0 Å². The van der Waals surface area contributed by atoms with Gasteiger partial charge in [-0.05, 0) is 54.1 Å². The third-order valence-electron chi connectivity index (χ3n) is 4.25. The van der Waals surface area contributed by atoms with Gasteiger partial charge in [0.15, 0.2) is 0 Å². The fourth-order valence-electron chi connectivity index (χ4n) is 3.19. The topological polar surface area (TPSA) is 38.3 Å². The number of hydrogen-bond acceptors (Lipinski definition) is 2. The summed E-state index contributed by atoms with van der Waals surface area (Å²) in [4.78, 5) is 12.0. The van der Waals surface area contributed by atoms with E-state index in [1.54, 1.807) is 0 Å². The maximum absolute atomic E-state index is 12.0. The number of nitrogens with one attached hydrogen (secondary N) is 1. The van der Waals surface area contributed by atoms with E-state index in [2.05, 4.69) is 29.6 Å². The minimum Gasteiger partial charge on any atom is -0.494 e. The zero-order valence-electron chi connectivity index (χ0n) is 12.9. The number of carbonyl (C=O) groups is 1. The van der Waals surface area contributed by atoms with E-state index in [-0.39, 0.29) is 5.91 Å². The summed E-state index contributed by atoms with van der Waals surface area (Å²) >= 11 is 0. The van der Waals surface area contributed by atoms with Crippen molar-refractivity contribution in [2.75, 3.05) is 11.9 Å². The molecule has 0 radical (unpaired) electrons. The molecule has 0 atom stereocenters. The Morgan fingerprint density at radius 3 is 2.61 bits per heavy atom. The van der Waals surface area contributed by atoms with Crippen molar-refractivity contribution in [3.63, 3.8) is 0 Å². The average Bonchev–Trinajstić information content (AvgIpc) is 2.89. The Bertz CT molecular complexity index is 897. The number of carbonyl (C=O) groups excluding carboxylic acids is 1. The van der Waals surface area contributed by atoms with Crippen molar-refractivity contribution in [1.29, 1.82) is 0 Å². The summed E-state index contributed by atoms with van der Waals surface area (Å²) in [6.07, 6.45) is 0.834. The Balaban J connectivity index is 1.73. The first-order valence-electron chi connectivity index (χ1n) is 7.84. The Morgan fingerprint density at radius 2 is 1.83 bits per heavy atom. The number of anilines is 1. The highest BCUT2D eigenvalue weighted by Crippen LogP contribution is 2.35. The molecule has 3 aromatic carbocycles. The average molecular weight is 303 g/mol. The zero-order chi connectivity index (χ0) is 15.8. The summed E-state index contributed by atoms with van der Waals surface area (Å²) < 4.78 is 5.49. The van der Waals surface area contributed by atoms with Gasteiger partial charge in [-0.15, -0.1) is 0 Å². The van der Waals surface area contributed by atoms with Crippen LogP contribution in [0.5, 0.6) is 5.75 Å². The summed E-state index contributed by atoms with van der Waals surface area (Å²) in [7, 11) is 0. The number of amides is 1. The van der Waals surface area contributed by atoms with Crippen LogP contribution in [-0.4, -0.2) is 12.5 Å². The molecule has 0 aromatic heterocycles. The fourth-order valence-corrected chi connectivity index (χ4v) is 3.19. The lowest BCUT2D eigenvalue weighted by atomic mass is 9.95. The first-order valence-corrected chi connectivity index (χ1v) is 7.84. The van der Waals surface area contributed by atoms with E-state index in [0.29, 0.717) is 6.61 Å². The molecule has 3 heteroatoms. The van der Waals surface area contributed by atoms with Crippen molar-refractivity contribution >= 4 is 22.4 Å². The van der Waals surface area contributed by atoms with Crippen molar-refractivity contribution in [3.05, 3.63) is 71.3 Å². The number of benzene rings is 3. The minimum atomic E-state index is -0.0104. The maximum Gasteiger partial charge on any atom is 0.256 e. The zero-order valence-corrected chi connectivity index (χ0v) is 12.9. The van der Waals surface area contributed by atoms with Crippen LogP contribution in [0.1, 0.15) is 28.4 Å². The summed E-state index contributed by atoms with van der Waals surface area (Å²) in [6, 6.07) is 18.2. The highest BCUT2D eigenvalue weighted by Gasteiger charge is 2.22. The second kappa shape index (κ2) is 5.43. The molecule has 0 aliphatic carbocycles. The molecule has 1 aliphatic heterocycles. The Kier molecular flexibility index (Phi) is 3.27. The van der Waals surface area contributed by atoms with Crippen molar-refractivity contribution in [3.8, 4) is 5.75 Å². The molecule has 0 saturated heterocycles. The van der Waals surface area contributed by atoms with E-state index in [0.717, 1.165) is 34.2 Å². The van der Waals surface area contributed by atoms with Crippen LogP contribution in [0.2, 0.25) is 0 Å². The van der Waals surface area contributed by atoms with E-state index in [9.17, 15) is 4.79 Å². The number of rotatable bonds is 4. The van der Waals surface area contributed by atoms with Crippen LogP contribution >= 0.6 is 0 Å². The molecule has 0 spiro atoms. The molecule has 3 aromatic rings. The molecule has 0 saturated carbocycles. The van der Waals surface area contributed by atoms with Gasteiger partial charge in [0.25, 0.3) is 5.91 Å². The van der Waals surface area contributed by atoms with Crippen LogP contribution in [0, 0.1) is 0 Å². The number of hydrogen-bond donors (Lipinski definition) is 1. The van der Waals surface area contributed by atoms with E-state index in [1.807, 2.05) is 37.3 Å². The van der Waals surface area contributed by atoms with E-state index in [4.69, 9.17) is 4.74 Å². The number of ether oxygens (including phenoxy) is 1. The lowest BCUT2D eigenvalue weighted by molar-refractivity contribution is 0.103. The van der Waals surface area contributed by atoms with Crippen molar-refractivity contribution in [2.45, 2.75) is 13.3 Å². The van der Waals surface area contributed by atoms with Crippen LogP contribution in [0.4, 0.5) is 5.69 Å². The van der Waals surface area contributed by atoms with Gasteiger partial charge in [-0.1, -0.05) is 30.3 Å². The summed E-state index contributed by atoms with van der Waals surface area (Å²) in [5, 5.41) is 5.12. The molecule has 1 aliphatic rings. The van der Waals surface area contributed by atoms with Crippen LogP contribution < -0.4 is 10.1 Å². The van der Waals surface area contributed by atoms with Crippen LogP contribution in [0.15, 0.2) is 54.6 Å². The van der Waals surface area contributed by atoms with Gasteiger partial charge < -0.3 is 10.1 Å². The smallest absolute Gasteiger partial charge is 0.256 e. The maximum atomic E-state index is 12.0. The van der Waals surface area contributed by atoms with Crippen molar-refractivity contribution in [2.24, 2.45) is 0 Å². The fraction of sp³-hybridized carbons (Fsp3) is 0.150. The Morgan fingerprint density at radius 1 is 1.00 bits per heavy atom. The van der Waals surface area contributed by atoms with Gasteiger partial charge in [-0.3, -0.25) is 4.79 Å². The molecular formula is C20H17NO2. The van der Waals surface area contributed by atoms with Gasteiger partial charge in [-0.25, -0.2) is 0 Å². The second-order valence-corrected chi connectivity index (χ2v) is 5.71. The molecule has 1 N–H and O–H groups in total. The second-order valence-electron chi connectivity index (χ2n) is 5.71. The Hall–Kier alpha value is -2.81. The van der Waals surface area contributed by atoms with Gasteiger partial charge in [0.2, 0.25) is 0 Å². The summed E-state index contributed by atoms with van der Waals surface area (Å²) in [6.45, 7) is 2.66. The molecule has 4 rings (SSSR count). The normalized spacial score (nSPS) is 12.5. The first kappa shape index (κ1) is 13.8. The van der Waals surface area contributed by atoms with Crippen molar-refractivity contribution in [1.82, 2.24) is 0 Å². The van der Waals surface area contributed by atoms with E-state index < -0.39 is 0 Å². The summed E-state index contributed by atoms with van der Waals surface area (Å²) in [5.74, 6) is 0.885. The van der Waals surface area contributed by atoms with Crippen LogP contribution in [0.25, 0.3) is 10.8 Å². The molecular weight excluding hydrogens is 286 g/mol. The molecule has 0 unspecified atom stereocenters. The quantitative estimate of drug-likeness (QED) is 0.776. The largest absolute Gasteiger partial charge is 0.494 e. The third-order valence-corrected chi connectivity index (χ3v) is 4.25. The van der Waals surface area contributed by atoms with Crippen LogP contribution in [-0.2, 0) is 6.42 Å². The van der Waals surface area contributed by atoms with Gasteiger partial charge in [0.05, 0.1) is 6.61 Å². The Labute approximate surface area is 134 Å². The molecule has 1 amide bonds. The molecule has 23 heavy (non-hydrogen) atoms. The van der Waals surface area contributed by atoms with Crippen molar-refractivity contribution < 1.29 is 9.53 Å². The predicted molar refractivity (Wildman–Crippen MR) is 92.3 cm³/mol. The molecule has 114 valence electrons. The highest BCUT2D eigenvalue weighted by molar-refractivity contribution is 6.24. The lowest BCUT2D eigenvalue weighted by Gasteiger charge is -2.09. The van der Waals surface area contributed by atoms with Gasteiger partial charge in [0, 0.05) is 16.6 Å². The molecule has 3 nitrogen and oxygen atoms in total.